The summed E-state index contributed by atoms with van der Waals surface area (Å²) < 4.78 is 46.9. The summed E-state index contributed by atoms with van der Waals surface area (Å²) in [6.45, 7) is 3.64. The quantitative estimate of drug-likeness (QED) is 0.282. The van der Waals surface area contributed by atoms with E-state index >= 15 is 0 Å². The van der Waals surface area contributed by atoms with Crippen molar-refractivity contribution in [2.24, 2.45) is 0 Å². The average molecular weight is 540 g/mol. The molecule has 0 saturated carbocycles. The number of aryl methyl sites for hydroxylation is 2. The van der Waals surface area contributed by atoms with Crippen LogP contribution in [0.4, 0.5) is 13.2 Å². The third-order valence-electron chi connectivity index (χ3n) is 6.19. The van der Waals surface area contributed by atoms with Crippen LogP contribution in [0.2, 0.25) is 5.02 Å². The van der Waals surface area contributed by atoms with Gasteiger partial charge in [0.25, 0.3) is 5.56 Å². The molecule has 7 nitrogen and oxygen atoms in total. The van der Waals surface area contributed by atoms with E-state index in [-0.39, 0.29) is 13.2 Å². The van der Waals surface area contributed by atoms with E-state index in [9.17, 15) is 18.0 Å². The van der Waals surface area contributed by atoms with Crippen molar-refractivity contribution in [3.05, 3.63) is 105 Å². The molecule has 0 atom stereocenters. The number of hydrogen-bond acceptors (Lipinski definition) is 5. The van der Waals surface area contributed by atoms with Gasteiger partial charge in [0, 0.05) is 34.6 Å². The summed E-state index contributed by atoms with van der Waals surface area (Å²) in [6.07, 6.45) is -0.353. The zero-order valence-electron chi connectivity index (χ0n) is 20.3. The van der Waals surface area contributed by atoms with Crippen LogP contribution in [-0.4, -0.2) is 24.7 Å². The van der Waals surface area contributed by atoms with E-state index in [1.807, 2.05) is 32.0 Å². The van der Waals surface area contributed by atoms with Gasteiger partial charge in [0.05, 0.1) is 29.2 Å². The molecule has 0 spiro atoms. The van der Waals surface area contributed by atoms with Gasteiger partial charge in [0.2, 0.25) is 0 Å². The molecule has 0 aliphatic carbocycles. The van der Waals surface area contributed by atoms with Crippen LogP contribution in [0.15, 0.2) is 65.8 Å². The highest BCUT2D eigenvalue weighted by Gasteiger charge is 2.34. The molecule has 1 N–H and O–H groups in total. The molecule has 0 saturated heterocycles. The molecule has 0 amide bonds. The number of rotatable bonds is 6. The molecule has 0 radical (unpaired) electrons. The number of aromatic amines is 1. The van der Waals surface area contributed by atoms with Gasteiger partial charge in [-0.1, -0.05) is 23.7 Å². The van der Waals surface area contributed by atoms with Crippen molar-refractivity contribution in [3.63, 3.8) is 0 Å². The van der Waals surface area contributed by atoms with Crippen molar-refractivity contribution in [2.75, 3.05) is 0 Å². The van der Waals surface area contributed by atoms with Crippen molar-refractivity contribution in [1.29, 1.82) is 0 Å². The molecule has 0 aliphatic heterocycles. The van der Waals surface area contributed by atoms with Crippen LogP contribution in [0.3, 0.4) is 0 Å². The van der Waals surface area contributed by atoms with Gasteiger partial charge in [0.15, 0.2) is 0 Å². The lowest BCUT2D eigenvalue weighted by molar-refractivity contribution is -0.138. The smallest absolute Gasteiger partial charge is 0.421 e. The second kappa shape index (κ2) is 9.94. The van der Waals surface area contributed by atoms with Crippen LogP contribution in [0.5, 0.6) is 5.75 Å². The van der Waals surface area contributed by atoms with Gasteiger partial charge in [-0.05, 0) is 49.7 Å². The summed E-state index contributed by atoms with van der Waals surface area (Å²) >= 11 is 6.32. The Balaban J connectivity index is 1.50. The number of H-pyrrole nitrogens is 1. The second-order valence-corrected chi connectivity index (χ2v) is 9.16. The number of ether oxygens (including phenoxy) is 1. The molecule has 0 aliphatic rings. The second-order valence-electron chi connectivity index (χ2n) is 8.75. The van der Waals surface area contributed by atoms with E-state index in [1.54, 1.807) is 18.3 Å². The minimum atomic E-state index is -4.75. The lowest BCUT2D eigenvalue weighted by atomic mass is 10.0. The first-order valence-electron chi connectivity index (χ1n) is 11.6. The molecule has 0 fully saturated rings. The van der Waals surface area contributed by atoms with Gasteiger partial charge >= 0.3 is 6.18 Å². The van der Waals surface area contributed by atoms with E-state index in [0.717, 1.165) is 32.8 Å². The van der Waals surface area contributed by atoms with Gasteiger partial charge < -0.3 is 9.30 Å². The van der Waals surface area contributed by atoms with Crippen LogP contribution in [0.1, 0.15) is 28.1 Å². The molecular weight excluding hydrogens is 519 g/mol. The highest BCUT2D eigenvalue weighted by atomic mass is 35.5. The Kier molecular flexibility index (Phi) is 6.66. The molecule has 5 rings (SSSR count). The Morgan fingerprint density at radius 2 is 1.95 bits per heavy atom. The first kappa shape index (κ1) is 25.5. The molecule has 194 valence electrons. The summed E-state index contributed by atoms with van der Waals surface area (Å²) in [7, 11) is 0. The first-order valence-corrected chi connectivity index (χ1v) is 11.9. The summed E-state index contributed by atoms with van der Waals surface area (Å²) in [6, 6.07) is 11.2. The Morgan fingerprint density at radius 3 is 2.68 bits per heavy atom. The van der Waals surface area contributed by atoms with Gasteiger partial charge in [-0.2, -0.15) is 18.3 Å². The molecular formula is C27H21ClF3N5O2. The monoisotopic (exact) mass is 539 g/mol. The van der Waals surface area contributed by atoms with E-state index in [1.165, 1.54) is 18.5 Å². The zero-order chi connectivity index (χ0) is 27.0. The molecule has 0 unspecified atom stereocenters. The number of pyridine rings is 3. The van der Waals surface area contributed by atoms with E-state index in [2.05, 4.69) is 20.2 Å². The van der Waals surface area contributed by atoms with E-state index < -0.39 is 17.3 Å². The predicted octanol–water partition coefficient (Wildman–Crippen LogP) is 6.10. The molecule has 11 heteroatoms. The Bertz CT molecular complexity index is 1710. The molecule has 4 heterocycles. The maximum atomic E-state index is 13.2. The van der Waals surface area contributed by atoms with Gasteiger partial charge in [-0.15, -0.1) is 0 Å². The average Bonchev–Trinajstić information content (AvgIpc) is 3.29. The molecule has 5 aromatic rings. The highest BCUT2D eigenvalue weighted by molar-refractivity contribution is 6.33. The number of para-hydroxylation sites is 1. The Hall–Kier alpha value is -4.18. The van der Waals surface area contributed by atoms with E-state index in [4.69, 9.17) is 16.3 Å². The lowest BCUT2D eigenvalue weighted by Crippen LogP contribution is -2.29. The lowest BCUT2D eigenvalue weighted by Gasteiger charge is -2.16. The van der Waals surface area contributed by atoms with E-state index in [0.29, 0.717) is 33.2 Å². The SMILES string of the molecule is Cc1cc(-c2[nH]ncc2Cl)c2cccc(OCc3c(C)ccnc3Cn3cccc(C(F)(F)F)c3=O)c2n1. The summed E-state index contributed by atoms with van der Waals surface area (Å²) in [5.41, 5.74) is 2.41. The summed E-state index contributed by atoms with van der Waals surface area (Å²) in [4.78, 5) is 21.5. The normalized spacial score (nSPS) is 11.7. The Morgan fingerprint density at radius 1 is 1.13 bits per heavy atom. The van der Waals surface area contributed by atoms with Crippen LogP contribution >= 0.6 is 11.6 Å². The van der Waals surface area contributed by atoms with Crippen LogP contribution in [0.25, 0.3) is 22.2 Å². The third kappa shape index (κ3) is 4.87. The Labute approximate surface area is 219 Å². The number of nitrogens with zero attached hydrogens (tertiary/aromatic N) is 4. The number of nitrogens with one attached hydrogen (secondary N) is 1. The molecule has 38 heavy (non-hydrogen) atoms. The number of fused-ring (bicyclic) bond motifs is 1. The fourth-order valence-corrected chi connectivity index (χ4v) is 4.49. The third-order valence-corrected chi connectivity index (χ3v) is 6.48. The van der Waals surface area contributed by atoms with Crippen molar-refractivity contribution in [2.45, 2.75) is 33.2 Å². The standard InChI is InChI=1S/C27H21ClF3N5O2/c1-15-8-9-32-22(13-36-10-4-6-20(26(36)37)27(29,30)31)19(15)14-38-23-7-3-5-17-18(11-16(2)34-25(17)23)24-21(28)12-33-35-24/h3-12H,13-14H2,1-2H3,(H,33,35). The highest BCUT2D eigenvalue weighted by Crippen LogP contribution is 2.35. The molecule has 4 aromatic heterocycles. The van der Waals surface area contributed by atoms with Crippen molar-refractivity contribution < 1.29 is 17.9 Å². The number of hydrogen-bond donors (Lipinski definition) is 1. The number of aromatic nitrogens is 5. The maximum Gasteiger partial charge on any atom is 0.421 e. The fraction of sp³-hybridized carbons (Fsp3) is 0.185. The van der Waals surface area contributed by atoms with Crippen LogP contribution in [0, 0.1) is 13.8 Å². The minimum absolute atomic E-state index is 0.0671. The van der Waals surface area contributed by atoms with Crippen molar-refractivity contribution in [1.82, 2.24) is 24.7 Å². The summed E-state index contributed by atoms with van der Waals surface area (Å²) in [5.74, 6) is 0.508. The zero-order valence-corrected chi connectivity index (χ0v) is 21.1. The topological polar surface area (TPSA) is 85.7 Å². The van der Waals surface area contributed by atoms with Crippen LogP contribution in [-0.2, 0) is 19.3 Å². The van der Waals surface area contributed by atoms with Gasteiger partial charge in [0.1, 0.15) is 23.4 Å². The first-order chi connectivity index (χ1) is 18.1. The molecule has 1 aromatic carbocycles. The fourth-order valence-electron chi connectivity index (χ4n) is 4.30. The number of halogens is 4. The maximum absolute atomic E-state index is 13.2. The van der Waals surface area contributed by atoms with Crippen molar-refractivity contribution >= 4 is 22.5 Å². The number of benzene rings is 1. The van der Waals surface area contributed by atoms with Crippen LogP contribution < -0.4 is 10.3 Å². The van der Waals surface area contributed by atoms with Gasteiger partial charge in [-0.3, -0.25) is 14.9 Å². The van der Waals surface area contributed by atoms with Gasteiger partial charge in [-0.25, -0.2) is 4.98 Å². The number of alkyl halides is 3. The largest absolute Gasteiger partial charge is 0.487 e. The predicted molar refractivity (Wildman–Crippen MR) is 137 cm³/mol. The minimum Gasteiger partial charge on any atom is -0.487 e. The molecule has 0 bridgehead atoms. The van der Waals surface area contributed by atoms with Crippen molar-refractivity contribution in [3.8, 4) is 17.0 Å². The summed E-state index contributed by atoms with van der Waals surface area (Å²) in [5, 5.41) is 8.21.